The molecule has 1 atom stereocenters. The summed E-state index contributed by atoms with van der Waals surface area (Å²) in [5, 5.41) is 3.72. The molecule has 2 rings (SSSR count). The number of amides is 1. The Balaban J connectivity index is 1.98. The summed E-state index contributed by atoms with van der Waals surface area (Å²) in [5.41, 5.74) is 7.54. The lowest BCUT2D eigenvalue weighted by Gasteiger charge is -2.21. The van der Waals surface area contributed by atoms with Gasteiger partial charge in [0.1, 0.15) is 0 Å². The molecule has 3 N–H and O–H groups in total. The van der Waals surface area contributed by atoms with Gasteiger partial charge in [-0.1, -0.05) is 26.2 Å². The molecular weight excluding hydrogens is 280 g/mol. The number of thioether (sulfide) groups is 1. The van der Waals surface area contributed by atoms with E-state index in [1.165, 1.54) is 37.0 Å². The maximum absolute atomic E-state index is 11.9. The minimum absolute atomic E-state index is 0.00622. The van der Waals surface area contributed by atoms with Gasteiger partial charge in [-0.25, -0.2) is 0 Å². The lowest BCUT2D eigenvalue weighted by atomic mass is 10.0. The molecule has 116 valence electrons. The van der Waals surface area contributed by atoms with Crippen LogP contribution in [0, 0.1) is 12.8 Å². The summed E-state index contributed by atoms with van der Waals surface area (Å²) in [6.07, 6.45) is 6.77. The summed E-state index contributed by atoms with van der Waals surface area (Å²) in [6, 6.07) is 6.32. The minimum atomic E-state index is -0.152. The molecule has 1 fully saturated rings. The number of nitrogens with one attached hydrogen (secondary N) is 1. The highest BCUT2D eigenvalue weighted by molar-refractivity contribution is 8.00. The second-order valence-corrected chi connectivity index (χ2v) is 7.35. The van der Waals surface area contributed by atoms with Crippen LogP contribution in [0.2, 0.25) is 0 Å². The molecule has 4 heteroatoms. The molecule has 0 spiro atoms. The van der Waals surface area contributed by atoms with Crippen molar-refractivity contribution in [3.8, 4) is 0 Å². The molecule has 1 saturated carbocycles. The number of aryl methyl sites for hydroxylation is 1. The number of carbonyl (C=O) groups is 1. The van der Waals surface area contributed by atoms with Gasteiger partial charge in [0.2, 0.25) is 5.91 Å². The van der Waals surface area contributed by atoms with Crippen LogP contribution >= 0.6 is 11.8 Å². The average Bonchev–Trinajstić information content (AvgIpc) is 2.50. The number of anilines is 1. The summed E-state index contributed by atoms with van der Waals surface area (Å²) in [6.45, 7) is 4.27. The second-order valence-electron chi connectivity index (χ2n) is 5.98. The van der Waals surface area contributed by atoms with Gasteiger partial charge < -0.3 is 11.1 Å². The largest absolute Gasteiger partial charge is 0.330 e. The van der Waals surface area contributed by atoms with Crippen LogP contribution < -0.4 is 11.1 Å². The van der Waals surface area contributed by atoms with Gasteiger partial charge >= 0.3 is 0 Å². The monoisotopic (exact) mass is 306 g/mol. The molecule has 1 aromatic rings. The highest BCUT2D eigenvalue weighted by Gasteiger charge is 2.16. The van der Waals surface area contributed by atoms with E-state index in [4.69, 9.17) is 5.73 Å². The molecule has 1 aliphatic carbocycles. The van der Waals surface area contributed by atoms with Crippen molar-refractivity contribution in [2.24, 2.45) is 11.7 Å². The lowest BCUT2D eigenvalue weighted by molar-refractivity contribution is -0.119. The normalized spacial score (nSPS) is 17.5. The van der Waals surface area contributed by atoms with Crippen molar-refractivity contribution in [3.63, 3.8) is 0 Å². The Morgan fingerprint density at radius 2 is 2.10 bits per heavy atom. The van der Waals surface area contributed by atoms with Crippen LogP contribution in [0.3, 0.4) is 0 Å². The average molecular weight is 306 g/mol. The van der Waals surface area contributed by atoms with Crippen LogP contribution in [0.25, 0.3) is 0 Å². The van der Waals surface area contributed by atoms with Crippen molar-refractivity contribution in [2.45, 2.75) is 56.1 Å². The van der Waals surface area contributed by atoms with Gasteiger partial charge in [0.05, 0.1) is 0 Å². The summed E-state index contributed by atoms with van der Waals surface area (Å²) in [4.78, 5) is 13.2. The van der Waals surface area contributed by atoms with Crippen LogP contribution in [0.15, 0.2) is 23.1 Å². The molecule has 21 heavy (non-hydrogen) atoms. The third-order valence-electron chi connectivity index (χ3n) is 4.11. The fourth-order valence-electron chi connectivity index (χ4n) is 2.59. The maximum Gasteiger partial charge on any atom is 0.228 e. The first-order chi connectivity index (χ1) is 10.1. The molecular formula is C17H26N2OS. The number of hydrogen-bond acceptors (Lipinski definition) is 3. The zero-order chi connectivity index (χ0) is 15.2. The third kappa shape index (κ3) is 4.75. The summed E-state index contributed by atoms with van der Waals surface area (Å²) < 4.78 is 0. The van der Waals surface area contributed by atoms with E-state index in [-0.39, 0.29) is 11.8 Å². The number of hydrogen-bond donors (Lipinski definition) is 2. The number of rotatable bonds is 5. The van der Waals surface area contributed by atoms with E-state index >= 15 is 0 Å². The first-order valence-electron chi connectivity index (χ1n) is 7.88. The molecule has 1 amide bonds. The van der Waals surface area contributed by atoms with Crippen LogP contribution in [-0.4, -0.2) is 17.7 Å². The van der Waals surface area contributed by atoms with Gasteiger partial charge in [0.25, 0.3) is 0 Å². The molecule has 0 saturated heterocycles. The van der Waals surface area contributed by atoms with Crippen molar-refractivity contribution in [1.29, 1.82) is 0 Å². The molecule has 1 aliphatic rings. The van der Waals surface area contributed by atoms with Gasteiger partial charge in [0.15, 0.2) is 0 Å². The number of nitrogens with two attached hydrogens (primary N) is 1. The van der Waals surface area contributed by atoms with E-state index < -0.39 is 0 Å². The van der Waals surface area contributed by atoms with Crippen LogP contribution in [0.4, 0.5) is 5.69 Å². The van der Waals surface area contributed by atoms with Gasteiger partial charge in [-0.3, -0.25) is 4.79 Å². The van der Waals surface area contributed by atoms with Gasteiger partial charge in [-0.2, -0.15) is 0 Å². The minimum Gasteiger partial charge on any atom is -0.330 e. The highest BCUT2D eigenvalue weighted by atomic mass is 32.2. The molecule has 3 nitrogen and oxygen atoms in total. The quantitative estimate of drug-likeness (QED) is 0.866. The first kappa shape index (κ1) is 16.4. The Morgan fingerprint density at radius 1 is 1.38 bits per heavy atom. The van der Waals surface area contributed by atoms with Crippen molar-refractivity contribution in [1.82, 2.24) is 0 Å². The maximum atomic E-state index is 11.9. The fourth-order valence-corrected chi connectivity index (χ4v) is 3.93. The first-order valence-corrected chi connectivity index (χ1v) is 8.76. The third-order valence-corrected chi connectivity index (χ3v) is 5.44. The Hall–Kier alpha value is -1.00. The summed E-state index contributed by atoms with van der Waals surface area (Å²) in [7, 11) is 0. The molecule has 1 unspecified atom stereocenters. The summed E-state index contributed by atoms with van der Waals surface area (Å²) in [5.74, 6) is -0.158. The predicted molar refractivity (Wildman–Crippen MR) is 90.8 cm³/mol. The van der Waals surface area contributed by atoms with Crippen LogP contribution in [0.5, 0.6) is 0 Å². The number of benzene rings is 1. The van der Waals surface area contributed by atoms with E-state index in [0.29, 0.717) is 6.54 Å². The Morgan fingerprint density at radius 3 is 2.71 bits per heavy atom. The van der Waals surface area contributed by atoms with E-state index in [1.807, 2.05) is 31.7 Å². The molecule has 0 heterocycles. The molecule has 0 bridgehead atoms. The Bertz CT molecular complexity index is 484. The van der Waals surface area contributed by atoms with Gasteiger partial charge in [0, 0.05) is 28.3 Å². The summed E-state index contributed by atoms with van der Waals surface area (Å²) >= 11 is 1.98. The van der Waals surface area contributed by atoms with E-state index in [2.05, 4.69) is 17.4 Å². The van der Waals surface area contributed by atoms with Gasteiger partial charge in [-0.05, 0) is 43.5 Å². The predicted octanol–water partition coefficient (Wildman–Crippen LogP) is 3.95. The van der Waals surface area contributed by atoms with E-state index in [9.17, 15) is 4.79 Å². The molecule has 0 aliphatic heterocycles. The van der Waals surface area contributed by atoms with E-state index in [0.717, 1.165) is 16.5 Å². The molecule has 0 radical (unpaired) electrons. The smallest absolute Gasteiger partial charge is 0.228 e. The standard InChI is InChI=1S/C17H26N2OS/c1-12-10-15(21-14-6-4-3-5-7-14)8-9-16(12)19-17(20)13(2)11-18/h8-10,13-14H,3-7,11,18H2,1-2H3,(H,19,20). The second kappa shape index (κ2) is 7.85. The highest BCUT2D eigenvalue weighted by Crippen LogP contribution is 2.34. The topological polar surface area (TPSA) is 55.1 Å². The van der Waals surface area contributed by atoms with Crippen molar-refractivity contribution in [2.75, 3.05) is 11.9 Å². The van der Waals surface area contributed by atoms with Crippen molar-refractivity contribution in [3.05, 3.63) is 23.8 Å². The number of carbonyl (C=O) groups excluding carboxylic acids is 1. The zero-order valence-corrected chi connectivity index (χ0v) is 13.8. The van der Waals surface area contributed by atoms with Crippen molar-refractivity contribution < 1.29 is 4.79 Å². The van der Waals surface area contributed by atoms with Crippen LogP contribution in [0.1, 0.15) is 44.6 Å². The SMILES string of the molecule is Cc1cc(SC2CCCCC2)ccc1NC(=O)C(C)CN. The lowest BCUT2D eigenvalue weighted by Crippen LogP contribution is -2.26. The van der Waals surface area contributed by atoms with Gasteiger partial charge in [-0.15, -0.1) is 11.8 Å². The fraction of sp³-hybridized carbons (Fsp3) is 0.588. The van der Waals surface area contributed by atoms with Crippen LogP contribution in [-0.2, 0) is 4.79 Å². The van der Waals surface area contributed by atoms with E-state index in [1.54, 1.807) is 0 Å². The molecule has 1 aromatic carbocycles. The zero-order valence-electron chi connectivity index (χ0n) is 13.0. The Kier molecular flexibility index (Phi) is 6.12. The van der Waals surface area contributed by atoms with Crippen molar-refractivity contribution >= 4 is 23.4 Å². The molecule has 0 aromatic heterocycles. The Labute approximate surface area is 132 Å².